The molecule has 33 heavy (non-hydrogen) atoms. The van der Waals surface area contributed by atoms with Crippen LogP contribution in [0.15, 0.2) is 22.2 Å². The summed E-state index contributed by atoms with van der Waals surface area (Å²) in [7, 11) is 0. The molecule has 2 aromatic heterocycles. The molecule has 5 atom stereocenters. The van der Waals surface area contributed by atoms with Crippen molar-refractivity contribution in [2.24, 2.45) is 15.9 Å². The van der Waals surface area contributed by atoms with Crippen LogP contribution in [-0.2, 0) is 9.53 Å². The van der Waals surface area contributed by atoms with Crippen LogP contribution >= 0.6 is 11.3 Å². The number of aliphatic hydroxyl groups is 3. The molecule has 1 saturated heterocycles. The molecule has 1 saturated carbocycles. The summed E-state index contributed by atoms with van der Waals surface area (Å²) in [5.41, 5.74) is 1.49. The number of thiazole rings is 1. The number of aromatic nitrogens is 2. The third-order valence-corrected chi connectivity index (χ3v) is 7.43. The number of pyridine rings is 1. The second kappa shape index (κ2) is 9.03. The second-order valence-corrected chi connectivity index (χ2v) is 9.53. The van der Waals surface area contributed by atoms with E-state index >= 15 is 0 Å². The van der Waals surface area contributed by atoms with Gasteiger partial charge < -0.3 is 25.0 Å². The first-order valence-electron chi connectivity index (χ1n) is 10.9. The number of hydrogen-bond acceptors (Lipinski definition) is 10. The van der Waals surface area contributed by atoms with E-state index in [2.05, 4.69) is 25.3 Å². The van der Waals surface area contributed by atoms with Crippen LogP contribution in [0, 0.1) is 12.8 Å². The Balaban J connectivity index is 1.56. The number of aryl methyl sites for hydroxylation is 1. The highest BCUT2D eigenvalue weighted by Gasteiger charge is 2.43. The molecule has 5 rings (SSSR count). The predicted molar refractivity (Wildman–Crippen MR) is 121 cm³/mol. The Labute approximate surface area is 193 Å². The van der Waals surface area contributed by atoms with Gasteiger partial charge in [0.2, 0.25) is 11.9 Å². The number of aliphatic hydroxyl groups excluding tert-OH is 3. The molecule has 2 fully saturated rings. The van der Waals surface area contributed by atoms with E-state index in [4.69, 9.17) is 4.74 Å². The van der Waals surface area contributed by atoms with E-state index in [1.165, 1.54) is 11.3 Å². The summed E-state index contributed by atoms with van der Waals surface area (Å²) in [6.07, 6.45) is -0.236. The Morgan fingerprint density at radius 3 is 2.79 bits per heavy atom. The van der Waals surface area contributed by atoms with E-state index in [0.717, 1.165) is 15.9 Å². The summed E-state index contributed by atoms with van der Waals surface area (Å²) < 4.78 is 6.31. The van der Waals surface area contributed by atoms with Crippen LogP contribution in [0.2, 0.25) is 0 Å². The lowest BCUT2D eigenvalue weighted by Crippen LogP contribution is -2.53. The van der Waals surface area contributed by atoms with Gasteiger partial charge in [0.25, 0.3) is 0 Å². The van der Waals surface area contributed by atoms with Crippen molar-refractivity contribution in [2.75, 3.05) is 32.9 Å². The van der Waals surface area contributed by atoms with E-state index in [0.29, 0.717) is 43.7 Å². The van der Waals surface area contributed by atoms with Gasteiger partial charge in [-0.25, -0.2) is 4.98 Å². The molecular weight excluding hydrogens is 448 g/mol. The molecule has 2 aromatic rings. The zero-order chi connectivity index (χ0) is 23.1. The molecule has 2 aliphatic heterocycles. The van der Waals surface area contributed by atoms with Gasteiger partial charge in [-0.1, -0.05) is 0 Å². The Kier molecular flexibility index (Phi) is 6.10. The minimum Gasteiger partial charge on any atom is -0.396 e. The highest BCUT2D eigenvalue weighted by molar-refractivity contribution is 7.18. The highest BCUT2D eigenvalue weighted by Crippen LogP contribution is 2.34. The second-order valence-electron chi connectivity index (χ2n) is 8.47. The molecule has 1 aliphatic carbocycles. The maximum Gasteiger partial charge on any atom is 0.244 e. The van der Waals surface area contributed by atoms with Gasteiger partial charge in [0.15, 0.2) is 0 Å². The fourth-order valence-corrected chi connectivity index (χ4v) is 5.56. The van der Waals surface area contributed by atoms with E-state index in [1.807, 2.05) is 17.9 Å². The van der Waals surface area contributed by atoms with Crippen LogP contribution in [0.4, 0.5) is 0 Å². The van der Waals surface area contributed by atoms with Gasteiger partial charge in [0.05, 0.1) is 35.8 Å². The normalized spacial score (nSPS) is 31.8. The number of nitrogens with zero attached hydrogens (tertiary/aromatic N) is 5. The lowest BCUT2D eigenvalue weighted by Gasteiger charge is -2.33. The van der Waals surface area contributed by atoms with Crippen molar-refractivity contribution in [1.29, 1.82) is 0 Å². The lowest BCUT2D eigenvalue weighted by molar-refractivity contribution is -0.120. The fourth-order valence-electron chi connectivity index (χ4n) is 4.45. The van der Waals surface area contributed by atoms with Gasteiger partial charge in [0, 0.05) is 31.8 Å². The minimum absolute atomic E-state index is 0.236. The number of amides is 1. The number of carbonyl (C=O) groups is 1. The van der Waals surface area contributed by atoms with Crippen molar-refractivity contribution in [3.8, 4) is 0 Å². The van der Waals surface area contributed by atoms with E-state index in [-0.39, 0.29) is 18.3 Å². The molecule has 1 unspecified atom stereocenters. The summed E-state index contributed by atoms with van der Waals surface area (Å²) >= 11 is 1.38. The van der Waals surface area contributed by atoms with Crippen molar-refractivity contribution in [3.05, 3.63) is 23.0 Å². The highest BCUT2D eigenvalue weighted by atomic mass is 32.1. The van der Waals surface area contributed by atoms with Gasteiger partial charge in [-0.05, 0) is 19.4 Å². The van der Waals surface area contributed by atoms with E-state index in [9.17, 15) is 20.1 Å². The van der Waals surface area contributed by atoms with Crippen LogP contribution in [0.3, 0.4) is 0 Å². The summed E-state index contributed by atoms with van der Waals surface area (Å²) in [6.45, 7) is 3.83. The fraction of sp³-hybridized carbons (Fsp3) is 0.571. The quantitative estimate of drug-likeness (QED) is 0.460. The number of aliphatic imine (C=N–C) groups is 2. The molecule has 1 amide bonds. The summed E-state index contributed by atoms with van der Waals surface area (Å²) in [4.78, 5) is 33.5. The van der Waals surface area contributed by atoms with Gasteiger partial charge >= 0.3 is 0 Å². The Morgan fingerprint density at radius 2 is 2.09 bits per heavy atom. The Hall–Kier alpha value is -2.51. The smallest absolute Gasteiger partial charge is 0.244 e. The number of morpholine rings is 1. The van der Waals surface area contributed by atoms with Gasteiger partial charge in [-0.3, -0.25) is 20.1 Å². The average Bonchev–Trinajstić information content (AvgIpc) is 3.36. The van der Waals surface area contributed by atoms with Crippen molar-refractivity contribution in [2.45, 2.75) is 37.5 Å². The number of amidine groups is 1. The van der Waals surface area contributed by atoms with Crippen LogP contribution in [0.25, 0.3) is 10.2 Å². The van der Waals surface area contributed by atoms with E-state index in [1.54, 1.807) is 6.20 Å². The molecule has 11 nitrogen and oxygen atoms in total. The van der Waals surface area contributed by atoms with E-state index < -0.39 is 30.1 Å². The molecule has 4 heterocycles. The summed E-state index contributed by atoms with van der Waals surface area (Å²) in [5, 5.41) is 33.7. The maximum atomic E-state index is 13.3. The zero-order valence-corrected chi connectivity index (χ0v) is 18.9. The first-order chi connectivity index (χ1) is 16.0. The Bertz CT molecular complexity index is 1110. The third kappa shape index (κ3) is 4.13. The number of guanidine groups is 1. The summed E-state index contributed by atoms with van der Waals surface area (Å²) in [5.74, 6) is -1.02. The van der Waals surface area contributed by atoms with Crippen molar-refractivity contribution < 1.29 is 24.9 Å². The number of ether oxygens (including phenoxy) is 1. The first kappa shape index (κ1) is 22.3. The monoisotopic (exact) mass is 474 g/mol. The lowest BCUT2D eigenvalue weighted by atomic mass is 10.1. The number of rotatable bonds is 3. The van der Waals surface area contributed by atoms with Crippen LogP contribution in [0.5, 0.6) is 0 Å². The molecule has 12 heteroatoms. The van der Waals surface area contributed by atoms with Gasteiger partial charge in [-0.15, -0.1) is 11.3 Å². The Morgan fingerprint density at radius 1 is 1.30 bits per heavy atom. The summed E-state index contributed by atoms with van der Waals surface area (Å²) in [6, 6.07) is 1.17. The zero-order valence-electron chi connectivity index (χ0n) is 18.1. The van der Waals surface area contributed by atoms with Crippen LogP contribution < -0.4 is 5.32 Å². The standard InChI is InChI=1S/C21H26N6O5S/c1-10-15-13(2-3-22-10)33-20(24-15)14-18(23-12-8-11(9-28)16(29)17(12)30)25-21(26-19(14)31)27-4-6-32-7-5-27/h2-3,11-12,14,16-17,28-30H,4-9H2,1H3,(H,23,25,26,31)/t11-,12-,14?,16-,17+/m1/s1. The molecule has 4 N–H and O–H groups in total. The number of hydrogen-bond donors (Lipinski definition) is 4. The molecule has 176 valence electrons. The largest absolute Gasteiger partial charge is 0.396 e. The minimum atomic E-state index is -1.15. The maximum absolute atomic E-state index is 13.3. The molecule has 0 aromatic carbocycles. The molecule has 3 aliphatic rings. The molecular formula is C21H26N6O5S. The number of carbonyl (C=O) groups excluding carboxylic acids is 1. The first-order valence-corrected chi connectivity index (χ1v) is 11.8. The molecule has 0 bridgehead atoms. The van der Waals surface area contributed by atoms with Crippen molar-refractivity contribution >= 4 is 39.3 Å². The predicted octanol–water partition coefficient (Wildman–Crippen LogP) is -0.598. The van der Waals surface area contributed by atoms with Gasteiger partial charge in [-0.2, -0.15) is 4.99 Å². The average molecular weight is 475 g/mol. The number of fused-ring (bicyclic) bond motifs is 1. The van der Waals surface area contributed by atoms with Crippen molar-refractivity contribution in [1.82, 2.24) is 20.2 Å². The SMILES string of the molecule is Cc1nccc2sc(C3C(=O)NC(N4CCOCC4)=NC3=N[C@@H]3C[C@H](CO)[C@@H](O)[C@H]3O)nc12. The van der Waals surface area contributed by atoms with Gasteiger partial charge in [0.1, 0.15) is 28.4 Å². The topological polar surface area (TPSA) is 153 Å². The number of nitrogens with one attached hydrogen (secondary N) is 1. The van der Waals surface area contributed by atoms with Crippen LogP contribution in [-0.4, -0.2) is 99.0 Å². The van der Waals surface area contributed by atoms with Crippen molar-refractivity contribution in [3.63, 3.8) is 0 Å². The molecule has 0 radical (unpaired) electrons. The third-order valence-electron chi connectivity index (χ3n) is 6.34. The van der Waals surface area contributed by atoms with Crippen LogP contribution in [0.1, 0.15) is 23.0 Å². The molecule has 0 spiro atoms.